The van der Waals surface area contributed by atoms with E-state index in [1.54, 1.807) is 19.9 Å². The van der Waals surface area contributed by atoms with Crippen molar-refractivity contribution in [3.05, 3.63) is 23.3 Å². The van der Waals surface area contributed by atoms with Gasteiger partial charge in [0.25, 0.3) is 0 Å². The van der Waals surface area contributed by atoms with Crippen LogP contribution in [-0.2, 0) is 11.1 Å². The monoisotopic (exact) mass is 293 g/mol. The Morgan fingerprint density at radius 1 is 1.19 bits per heavy atom. The van der Waals surface area contributed by atoms with Crippen LogP contribution in [0.4, 0.5) is 4.39 Å². The summed E-state index contributed by atoms with van der Waals surface area (Å²) in [5.74, 6) is 1.45. The lowest BCUT2D eigenvalue weighted by atomic mass is 9.76. The minimum Gasteiger partial charge on any atom is -0.486 e. The Morgan fingerprint density at radius 3 is 2.48 bits per heavy atom. The highest BCUT2D eigenvalue weighted by Gasteiger charge is 2.39. The number of alkyl halides is 1. The summed E-state index contributed by atoms with van der Waals surface area (Å²) in [6.45, 7) is 4.77. The summed E-state index contributed by atoms with van der Waals surface area (Å²) in [6.07, 6.45) is 4.40. The average Bonchev–Trinajstić information content (AvgIpc) is 2.95. The van der Waals surface area contributed by atoms with Gasteiger partial charge in [0.05, 0.1) is 0 Å². The maximum Gasteiger partial charge on any atom is 0.165 e. The van der Waals surface area contributed by atoms with Gasteiger partial charge in [0.2, 0.25) is 0 Å². The normalized spacial score (nSPS) is 20.6. The fourth-order valence-corrected chi connectivity index (χ4v) is 3.53. The zero-order chi connectivity index (χ0) is 15.1. The number of fused-ring (bicyclic) bond motifs is 1. The SMILES string of the molecule is CC(C)(F)c1cc2c(c(C3(CN)CCCC3)c1)OCCO2. The van der Waals surface area contributed by atoms with Gasteiger partial charge in [0.1, 0.15) is 18.9 Å². The highest BCUT2D eigenvalue weighted by Crippen LogP contribution is 2.49. The molecule has 0 spiro atoms. The van der Waals surface area contributed by atoms with Gasteiger partial charge in [-0.15, -0.1) is 0 Å². The second-order valence-corrected chi connectivity index (χ2v) is 6.71. The van der Waals surface area contributed by atoms with E-state index in [4.69, 9.17) is 15.2 Å². The van der Waals surface area contributed by atoms with Crippen LogP contribution in [-0.4, -0.2) is 19.8 Å². The van der Waals surface area contributed by atoms with E-state index in [-0.39, 0.29) is 5.41 Å². The molecule has 1 aromatic carbocycles. The Bertz CT molecular complexity index is 530. The van der Waals surface area contributed by atoms with Crippen molar-refractivity contribution in [1.82, 2.24) is 0 Å². The summed E-state index contributed by atoms with van der Waals surface area (Å²) in [5, 5.41) is 0. The second-order valence-electron chi connectivity index (χ2n) is 6.71. The zero-order valence-electron chi connectivity index (χ0n) is 12.9. The Balaban J connectivity index is 2.17. The topological polar surface area (TPSA) is 44.5 Å². The summed E-state index contributed by atoms with van der Waals surface area (Å²) in [6, 6.07) is 3.73. The summed E-state index contributed by atoms with van der Waals surface area (Å²) in [7, 11) is 0. The van der Waals surface area contributed by atoms with Gasteiger partial charge in [-0.1, -0.05) is 12.8 Å². The van der Waals surface area contributed by atoms with E-state index in [9.17, 15) is 4.39 Å². The van der Waals surface area contributed by atoms with Crippen LogP contribution in [0, 0.1) is 0 Å². The first kappa shape index (κ1) is 14.6. The Labute approximate surface area is 125 Å². The fraction of sp³-hybridized carbons (Fsp3) is 0.647. The number of ether oxygens (including phenoxy) is 2. The molecule has 0 radical (unpaired) electrons. The lowest BCUT2D eigenvalue weighted by molar-refractivity contribution is 0.164. The molecule has 0 unspecified atom stereocenters. The van der Waals surface area contributed by atoms with E-state index in [2.05, 4.69) is 0 Å². The van der Waals surface area contributed by atoms with Crippen LogP contribution < -0.4 is 15.2 Å². The number of benzene rings is 1. The molecule has 1 aliphatic carbocycles. The molecule has 116 valence electrons. The van der Waals surface area contributed by atoms with Crippen molar-refractivity contribution in [2.75, 3.05) is 19.8 Å². The Hall–Kier alpha value is -1.29. The lowest BCUT2D eigenvalue weighted by Gasteiger charge is -2.33. The molecule has 4 heteroatoms. The standard InChI is InChI=1S/C17H24FNO2/c1-16(2,18)12-9-13(17(11-19)5-3-4-6-17)15-14(10-12)20-7-8-21-15/h9-10H,3-8,11,19H2,1-2H3. The number of rotatable bonds is 3. The quantitative estimate of drug-likeness (QED) is 0.928. The first-order valence-corrected chi connectivity index (χ1v) is 7.80. The third-order valence-electron chi connectivity index (χ3n) is 4.85. The fourth-order valence-electron chi connectivity index (χ4n) is 3.53. The summed E-state index contributed by atoms with van der Waals surface area (Å²) >= 11 is 0. The van der Waals surface area contributed by atoms with Crippen LogP contribution in [0.15, 0.2) is 12.1 Å². The molecule has 1 aromatic rings. The first-order chi connectivity index (χ1) is 9.96. The minimum absolute atomic E-state index is 0.0912. The van der Waals surface area contributed by atoms with Crippen LogP contribution in [0.5, 0.6) is 11.5 Å². The molecule has 0 saturated heterocycles. The van der Waals surface area contributed by atoms with Gasteiger partial charge in [-0.25, -0.2) is 4.39 Å². The van der Waals surface area contributed by atoms with Crippen LogP contribution in [0.25, 0.3) is 0 Å². The molecule has 1 fully saturated rings. The first-order valence-electron chi connectivity index (χ1n) is 7.80. The second kappa shape index (κ2) is 5.16. The predicted octanol–water partition coefficient (Wildman–Crippen LogP) is 3.43. The van der Waals surface area contributed by atoms with E-state index in [0.29, 0.717) is 31.1 Å². The summed E-state index contributed by atoms with van der Waals surface area (Å²) in [5.41, 5.74) is 6.29. The minimum atomic E-state index is -1.40. The molecule has 0 bridgehead atoms. The lowest BCUT2D eigenvalue weighted by Crippen LogP contribution is -2.34. The number of hydrogen-bond acceptors (Lipinski definition) is 3. The van der Waals surface area contributed by atoms with Gasteiger partial charge in [0.15, 0.2) is 11.5 Å². The maximum absolute atomic E-state index is 14.5. The van der Waals surface area contributed by atoms with Gasteiger partial charge < -0.3 is 15.2 Å². The van der Waals surface area contributed by atoms with Crippen molar-refractivity contribution in [3.63, 3.8) is 0 Å². The molecule has 0 atom stereocenters. The molecular weight excluding hydrogens is 269 g/mol. The third kappa shape index (κ3) is 2.50. The molecule has 0 amide bonds. The Kier molecular flexibility index (Phi) is 3.60. The Morgan fingerprint density at radius 2 is 1.86 bits per heavy atom. The molecule has 2 N–H and O–H groups in total. The number of halogens is 1. The summed E-state index contributed by atoms with van der Waals surface area (Å²) in [4.78, 5) is 0. The highest BCUT2D eigenvalue weighted by atomic mass is 19.1. The van der Waals surface area contributed by atoms with Gasteiger partial charge >= 0.3 is 0 Å². The van der Waals surface area contributed by atoms with Gasteiger partial charge in [-0.2, -0.15) is 0 Å². The zero-order valence-corrected chi connectivity index (χ0v) is 12.9. The molecule has 1 aliphatic heterocycles. The highest BCUT2D eigenvalue weighted by molar-refractivity contribution is 5.55. The molecule has 2 aliphatic rings. The van der Waals surface area contributed by atoms with Crippen LogP contribution in [0.1, 0.15) is 50.7 Å². The number of nitrogens with two attached hydrogens (primary N) is 1. The van der Waals surface area contributed by atoms with E-state index in [1.165, 1.54) is 0 Å². The summed E-state index contributed by atoms with van der Waals surface area (Å²) < 4.78 is 26.0. The molecule has 3 nitrogen and oxygen atoms in total. The van der Waals surface area contributed by atoms with Crippen LogP contribution in [0.3, 0.4) is 0 Å². The van der Waals surface area contributed by atoms with Crippen molar-refractivity contribution in [2.24, 2.45) is 5.73 Å². The van der Waals surface area contributed by atoms with Crippen molar-refractivity contribution >= 4 is 0 Å². The molecule has 0 aromatic heterocycles. The molecular formula is C17H24FNO2. The predicted molar refractivity (Wildman–Crippen MR) is 80.8 cm³/mol. The van der Waals surface area contributed by atoms with E-state index >= 15 is 0 Å². The van der Waals surface area contributed by atoms with Gasteiger partial charge in [-0.05, 0) is 44.4 Å². The van der Waals surface area contributed by atoms with Crippen molar-refractivity contribution in [1.29, 1.82) is 0 Å². The smallest absolute Gasteiger partial charge is 0.165 e. The van der Waals surface area contributed by atoms with Crippen molar-refractivity contribution in [3.8, 4) is 11.5 Å². The third-order valence-corrected chi connectivity index (χ3v) is 4.85. The molecule has 1 heterocycles. The van der Waals surface area contributed by atoms with E-state index in [0.717, 1.165) is 37.0 Å². The van der Waals surface area contributed by atoms with Crippen LogP contribution in [0.2, 0.25) is 0 Å². The molecule has 1 saturated carbocycles. The van der Waals surface area contributed by atoms with Crippen molar-refractivity contribution in [2.45, 2.75) is 50.6 Å². The van der Waals surface area contributed by atoms with E-state index < -0.39 is 5.67 Å². The van der Waals surface area contributed by atoms with Gasteiger partial charge in [-0.3, -0.25) is 0 Å². The van der Waals surface area contributed by atoms with E-state index in [1.807, 2.05) is 6.07 Å². The largest absolute Gasteiger partial charge is 0.486 e. The number of hydrogen-bond donors (Lipinski definition) is 1. The molecule has 3 rings (SSSR count). The maximum atomic E-state index is 14.5. The van der Waals surface area contributed by atoms with Gasteiger partial charge in [0, 0.05) is 17.5 Å². The molecule has 21 heavy (non-hydrogen) atoms. The average molecular weight is 293 g/mol. The van der Waals surface area contributed by atoms with Crippen LogP contribution >= 0.6 is 0 Å². The van der Waals surface area contributed by atoms with Crippen molar-refractivity contribution < 1.29 is 13.9 Å².